The third kappa shape index (κ3) is 2.43. The van der Waals surface area contributed by atoms with E-state index in [0.717, 1.165) is 5.69 Å². The molecule has 0 unspecified atom stereocenters. The van der Waals surface area contributed by atoms with Crippen LogP contribution in [0.15, 0.2) is 12.3 Å². The predicted molar refractivity (Wildman–Crippen MR) is 80.6 cm³/mol. The molecule has 0 aliphatic heterocycles. The number of carbonyl (C=O) groups excluding carboxylic acids is 2. The fraction of sp³-hybridized carbons (Fsp3) is 0.467. The highest BCUT2D eigenvalue weighted by atomic mass is 16.5. The Bertz CT molecular complexity index is 749. The molecule has 1 amide bonds. The molecule has 2 heterocycles. The molecule has 0 N–H and O–H groups in total. The summed E-state index contributed by atoms with van der Waals surface area (Å²) in [6.45, 7) is 6.93. The van der Waals surface area contributed by atoms with E-state index in [0.29, 0.717) is 16.9 Å². The molecule has 7 heteroatoms. The summed E-state index contributed by atoms with van der Waals surface area (Å²) in [7, 11) is 2.87. The van der Waals surface area contributed by atoms with E-state index < -0.39 is 11.5 Å². The third-order valence-corrected chi connectivity index (χ3v) is 3.90. The number of aryl methyl sites for hydroxylation is 2. The minimum Gasteiger partial charge on any atom is -0.467 e. The van der Waals surface area contributed by atoms with E-state index in [1.165, 1.54) is 18.2 Å². The molecule has 0 bridgehead atoms. The van der Waals surface area contributed by atoms with Crippen LogP contribution < -0.4 is 0 Å². The topological polar surface area (TPSA) is 76.8 Å². The maximum Gasteiger partial charge on any atom is 0.331 e. The zero-order valence-electron chi connectivity index (χ0n) is 13.7. The highest BCUT2D eigenvalue weighted by Gasteiger charge is 2.37. The lowest BCUT2D eigenvalue weighted by atomic mass is 10.0. The van der Waals surface area contributed by atoms with Gasteiger partial charge in [0.05, 0.1) is 24.1 Å². The van der Waals surface area contributed by atoms with E-state index in [1.807, 2.05) is 13.0 Å². The van der Waals surface area contributed by atoms with Crippen LogP contribution in [0.25, 0.3) is 5.65 Å². The van der Waals surface area contributed by atoms with Crippen LogP contribution in [0.3, 0.4) is 0 Å². The van der Waals surface area contributed by atoms with Crippen molar-refractivity contribution in [3.05, 3.63) is 29.2 Å². The van der Waals surface area contributed by atoms with Crippen molar-refractivity contribution < 1.29 is 14.3 Å². The molecule has 0 atom stereocenters. The van der Waals surface area contributed by atoms with E-state index in [-0.39, 0.29) is 5.91 Å². The van der Waals surface area contributed by atoms with Gasteiger partial charge in [0.1, 0.15) is 5.54 Å². The van der Waals surface area contributed by atoms with Crippen LogP contribution >= 0.6 is 0 Å². The monoisotopic (exact) mass is 304 g/mol. The summed E-state index contributed by atoms with van der Waals surface area (Å²) in [5.74, 6) is -0.791. The summed E-state index contributed by atoms with van der Waals surface area (Å²) in [6, 6.07) is 1.84. The van der Waals surface area contributed by atoms with Gasteiger partial charge in [-0.25, -0.2) is 14.3 Å². The minimum atomic E-state index is -1.08. The van der Waals surface area contributed by atoms with Gasteiger partial charge in [-0.3, -0.25) is 4.79 Å². The lowest BCUT2D eigenvalue weighted by Crippen LogP contribution is -2.51. The summed E-state index contributed by atoms with van der Waals surface area (Å²) < 4.78 is 6.39. The van der Waals surface area contributed by atoms with Gasteiger partial charge in [0.15, 0.2) is 5.65 Å². The van der Waals surface area contributed by atoms with Crippen LogP contribution in [0.2, 0.25) is 0 Å². The average molecular weight is 304 g/mol. The Morgan fingerprint density at radius 1 is 1.32 bits per heavy atom. The van der Waals surface area contributed by atoms with Crippen molar-refractivity contribution in [3.63, 3.8) is 0 Å². The van der Waals surface area contributed by atoms with E-state index >= 15 is 0 Å². The number of rotatable bonds is 3. The normalized spacial score (nSPS) is 11.5. The number of aromatic nitrogens is 3. The first kappa shape index (κ1) is 15.9. The molecule has 2 aromatic heterocycles. The molecular formula is C15H20N4O3. The second-order valence-corrected chi connectivity index (χ2v) is 5.73. The summed E-state index contributed by atoms with van der Waals surface area (Å²) in [6.07, 6.45) is 1.51. The lowest BCUT2D eigenvalue weighted by molar-refractivity contribution is -0.150. The van der Waals surface area contributed by atoms with Crippen LogP contribution in [-0.4, -0.2) is 51.1 Å². The number of hydrogen-bond acceptors (Lipinski definition) is 5. The molecule has 2 rings (SSSR count). The number of nitrogens with zero attached hydrogens (tertiary/aromatic N) is 4. The third-order valence-electron chi connectivity index (χ3n) is 3.90. The van der Waals surface area contributed by atoms with Crippen LogP contribution in [0, 0.1) is 13.8 Å². The van der Waals surface area contributed by atoms with Gasteiger partial charge in [-0.15, -0.1) is 0 Å². The molecule has 0 aliphatic rings. The molecule has 7 nitrogen and oxygen atoms in total. The zero-order valence-corrected chi connectivity index (χ0v) is 13.7. The molecule has 2 aromatic rings. The van der Waals surface area contributed by atoms with Gasteiger partial charge in [-0.2, -0.15) is 5.10 Å². The maximum absolute atomic E-state index is 12.7. The van der Waals surface area contributed by atoms with Crippen molar-refractivity contribution in [1.82, 2.24) is 19.5 Å². The van der Waals surface area contributed by atoms with Crippen molar-refractivity contribution in [2.75, 3.05) is 14.2 Å². The second kappa shape index (κ2) is 5.40. The SMILES string of the molecule is COC(=O)C(C)(C)N(C)C(=O)c1cnc2cc(C)nn2c1C. The number of esters is 1. The first-order valence-corrected chi connectivity index (χ1v) is 6.88. The number of likely N-dealkylation sites (N-methyl/N-ethyl adjacent to an activating group) is 1. The van der Waals surface area contributed by atoms with Crippen LogP contribution in [-0.2, 0) is 9.53 Å². The molecular weight excluding hydrogens is 284 g/mol. The molecule has 0 saturated carbocycles. The lowest BCUT2D eigenvalue weighted by Gasteiger charge is -2.33. The molecule has 0 saturated heterocycles. The number of methoxy groups -OCH3 is 1. The van der Waals surface area contributed by atoms with Crippen molar-refractivity contribution in [1.29, 1.82) is 0 Å². The molecule has 0 fully saturated rings. The largest absolute Gasteiger partial charge is 0.467 e. The molecule has 0 radical (unpaired) electrons. The Kier molecular flexibility index (Phi) is 3.91. The van der Waals surface area contributed by atoms with E-state index in [9.17, 15) is 9.59 Å². The Balaban J connectivity index is 2.45. The van der Waals surface area contributed by atoms with E-state index in [4.69, 9.17) is 4.74 Å². The van der Waals surface area contributed by atoms with Gasteiger partial charge in [0.25, 0.3) is 5.91 Å². The van der Waals surface area contributed by atoms with Crippen LogP contribution in [0.5, 0.6) is 0 Å². The highest BCUT2D eigenvalue weighted by Crippen LogP contribution is 2.19. The average Bonchev–Trinajstić information content (AvgIpc) is 2.86. The molecule has 0 aliphatic carbocycles. The smallest absolute Gasteiger partial charge is 0.331 e. The van der Waals surface area contributed by atoms with Crippen LogP contribution in [0.1, 0.15) is 35.6 Å². The van der Waals surface area contributed by atoms with Crippen molar-refractivity contribution >= 4 is 17.5 Å². The van der Waals surface area contributed by atoms with E-state index in [1.54, 1.807) is 32.3 Å². The molecule has 0 spiro atoms. The Hall–Kier alpha value is -2.44. The quantitative estimate of drug-likeness (QED) is 0.800. The van der Waals surface area contributed by atoms with Gasteiger partial charge >= 0.3 is 5.97 Å². The van der Waals surface area contributed by atoms with Gasteiger partial charge in [-0.1, -0.05) is 0 Å². The van der Waals surface area contributed by atoms with E-state index in [2.05, 4.69) is 10.1 Å². The summed E-state index contributed by atoms with van der Waals surface area (Å²) in [5, 5.41) is 4.32. The van der Waals surface area contributed by atoms with Crippen LogP contribution in [0.4, 0.5) is 0 Å². The van der Waals surface area contributed by atoms with Crippen molar-refractivity contribution in [3.8, 4) is 0 Å². The number of ether oxygens (including phenoxy) is 1. The standard InChI is InChI=1S/C15H20N4O3/c1-9-7-12-16-8-11(10(2)19(12)17-9)13(20)18(5)15(3,4)14(21)22-6/h7-8H,1-6H3. The minimum absolute atomic E-state index is 0.310. The molecule has 22 heavy (non-hydrogen) atoms. The molecule has 0 aromatic carbocycles. The maximum atomic E-state index is 12.7. The Morgan fingerprint density at radius 2 is 1.95 bits per heavy atom. The van der Waals surface area contributed by atoms with Gasteiger partial charge in [0, 0.05) is 19.3 Å². The van der Waals surface area contributed by atoms with Crippen molar-refractivity contribution in [2.45, 2.75) is 33.2 Å². The summed E-state index contributed by atoms with van der Waals surface area (Å²) in [4.78, 5) is 30.2. The van der Waals surface area contributed by atoms with Crippen molar-refractivity contribution in [2.24, 2.45) is 0 Å². The number of hydrogen-bond donors (Lipinski definition) is 0. The number of fused-ring (bicyclic) bond motifs is 1. The van der Waals surface area contributed by atoms with Gasteiger partial charge in [-0.05, 0) is 27.7 Å². The first-order chi connectivity index (χ1) is 10.2. The number of amides is 1. The molecule has 118 valence electrons. The Morgan fingerprint density at radius 3 is 2.55 bits per heavy atom. The Labute approximate surface area is 128 Å². The summed E-state index contributed by atoms with van der Waals surface area (Å²) >= 11 is 0. The van der Waals surface area contributed by atoms with Gasteiger partial charge in [0.2, 0.25) is 0 Å². The number of carbonyl (C=O) groups is 2. The first-order valence-electron chi connectivity index (χ1n) is 6.88. The fourth-order valence-electron chi connectivity index (χ4n) is 2.19. The predicted octanol–water partition coefficient (Wildman–Crippen LogP) is 1.37. The summed E-state index contributed by atoms with van der Waals surface area (Å²) in [5.41, 5.74) is 1.50. The second-order valence-electron chi connectivity index (χ2n) is 5.73. The fourth-order valence-corrected chi connectivity index (χ4v) is 2.19. The highest BCUT2D eigenvalue weighted by molar-refractivity contribution is 5.98. The van der Waals surface area contributed by atoms with Gasteiger partial charge < -0.3 is 9.64 Å². The zero-order chi connectivity index (χ0) is 16.7.